The number of halogens is 3. The molecule has 0 aliphatic rings. The second-order valence-electron chi connectivity index (χ2n) is 4.36. The van der Waals surface area contributed by atoms with E-state index in [0.717, 1.165) is 27.4 Å². The van der Waals surface area contributed by atoms with Crippen molar-refractivity contribution in [1.29, 1.82) is 0 Å². The number of fused-ring (bicyclic) bond motifs is 1. The summed E-state index contributed by atoms with van der Waals surface area (Å²) in [5.74, 6) is -0.289. The topological polar surface area (TPSA) is 72.2 Å². The standard InChI is InChI=1S/C12H8F3N5OS/c13-12(14,15)8-5-22-11-10(16-6-20(8)11)19-9(21)3-7-1-2-17-18-4-7/h1-2,4-6H,3H2,(H,19,21). The fraction of sp³-hybridized carbons (Fsp3) is 0.167. The highest BCUT2D eigenvalue weighted by atomic mass is 32.1. The molecule has 6 nitrogen and oxygen atoms in total. The van der Waals surface area contributed by atoms with Crippen LogP contribution < -0.4 is 5.32 Å². The van der Waals surface area contributed by atoms with Gasteiger partial charge in [-0.05, 0) is 11.6 Å². The lowest BCUT2D eigenvalue weighted by Gasteiger charge is -2.03. The molecule has 0 saturated carbocycles. The van der Waals surface area contributed by atoms with Gasteiger partial charge in [-0.2, -0.15) is 23.4 Å². The van der Waals surface area contributed by atoms with Crippen molar-refractivity contribution < 1.29 is 18.0 Å². The van der Waals surface area contributed by atoms with Crippen molar-refractivity contribution in [1.82, 2.24) is 19.6 Å². The second-order valence-corrected chi connectivity index (χ2v) is 5.22. The molecule has 3 aromatic heterocycles. The molecule has 22 heavy (non-hydrogen) atoms. The minimum absolute atomic E-state index is 0.0338. The number of nitrogens with one attached hydrogen (secondary N) is 1. The zero-order valence-electron chi connectivity index (χ0n) is 10.8. The van der Waals surface area contributed by atoms with Crippen LogP contribution in [0.15, 0.2) is 30.2 Å². The Bertz CT molecular complexity index is 811. The fourth-order valence-electron chi connectivity index (χ4n) is 1.86. The number of aromatic nitrogens is 4. The lowest BCUT2D eigenvalue weighted by atomic mass is 10.2. The lowest BCUT2D eigenvalue weighted by molar-refractivity contribution is -0.141. The van der Waals surface area contributed by atoms with E-state index in [4.69, 9.17) is 0 Å². The third kappa shape index (κ3) is 2.77. The number of nitrogens with zero attached hydrogens (tertiary/aromatic N) is 4. The van der Waals surface area contributed by atoms with Crippen molar-refractivity contribution in [2.45, 2.75) is 12.6 Å². The van der Waals surface area contributed by atoms with Crippen LogP contribution in [0.2, 0.25) is 0 Å². The van der Waals surface area contributed by atoms with E-state index in [1.807, 2.05) is 0 Å². The molecule has 0 aromatic carbocycles. The van der Waals surface area contributed by atoms with E-state index < -0.39 is 17.8 Å². The van der Waals surface area contributed by atoms with E-state index in [2.05, 4.69) is 20.5 Å². The number of carbonyl (C=O) groups excluding carboxylic acids is 1. The lowest BCUT2D eigenvalue weighted by Crippen LogP contribution is -2.14. The molecular weight excluding hydrogens is 319 g/mol. The molecule has 1 amide bonds. The third-order valence-electron chi connectivity index (χ3n) is 2.82. The number of hydrogen-bond donors (Lipinski definition) is 1. The van der Waals surface area contributed by atoms with Crippen molar-refractivity contribution >= 4 is 27.9 Å². The average Bonchev–Trinajstić information content (AvgIpc) is 3.02. The molecule has 3 aromatic rings. The predicted molar refractivity (Wildman–Crippen MR) is 72.4 cm³/mol. The number of alkyl halides is 3. The number of anilines is 1. The average molecular weight is 327 g/mol. The number of imidazole rings is 1. The van der Waals surface area contributed by atoms with Gasteiger partial charge in [-0.3, -0.25) is 9.20 Å². The molecule has 0 aliphatic heterocycles. The molecule has 0 unspecified atom stereocenters. The van der Waals surface area contributed by atoms with Gasteiger partial charge in [-0.15, -0.1) is 11.3 Å². The maximum Gasteiger partial charge on any atom is 0.432 e. The highest BCUT2D eigenvalue weighted by molar-refractivity contribution is 7.16. The zero-order valence-corrected chi connectivity index (χ0v) is 11.6. The summed E-state index contributed by atoms with van der Waals surface area (Å²) in [5, 5.41) is 10.7. The quantitative estimate of drug-likeness (QED) is 0.802. The van der Waals surface area contributed by atoms with Gasteiger partial charge in [-0.1, -0.05) is 0 Å². The third-order valence-corrected chi connectivity index (χ3v) is 3.78. The van der Waals surface area contributed by atoms with E-state index in [1.54, 1.807) is 6.07 Å². The van der Waals surface area contributed by atoms with Crippen LogP contribution in [-0.2, 0) is 17.4 Å². The van der Waals surface area contributed by atoms with Crippen LogP contribution in [0, 0.1) is 0 Å². The summed E-state index contributed by atoms with van der Waals surface area (Å²) in [6.07, 6.45) is -0.505. The summed E-state index contributed by atoms with van der Waals surface area (Å²) in [6.45, 7) is 0. The van der Waals surface area contributed by atoms with Gasteiger partial charge in [0.25, 0.3) is 0 Å². The molecule has 0 radical (unpaired) electrons. The number of hydrogen-bond acceptors (Lipinski definition) is 5. The highest BCUT2D eigenvalue weighted by Crippen LogP contribution is 2.34. The van der Waals surface area contributed by atoms with Crippen LogP contribution in [-0.4, -0.2) is 25.5 Å². The molecular formula is C12H8F3N5OS. The molecule has 114 valence electrons. The zero-order chi connectivity index (χ0) is 15.7. The first-order chi connectivity index (χ1) is 10.4. The Kier molecular flexibility index (Phi) is 3.53. The first-order valence-electron chi connectivity index (χ1n) is 6.02. The van der Waals surface area contributed by atoms with E-state index in [1.165, 1.54) is 12.4 Å². The Morgan fingerprint density at radius 2 is 2.18 bits per heavy atom. The molecule has 0 atom stereocenters. The van der Waals surface area contributed by atoms with Crippen LogP contribution in [0.5, 0.6) is 0 Å². The molecule has 0 saturated heterocycles. The van der Waals surface area contributed by atoms with E-state index in [-0.39, 0.29) is 17.1 Å². The number of amides is 1. The molecule has 3 rings (SSSR count). The van der Waals surface area contributed by atoms with Crippen LogP contribution >= 0.6 is 11.3 Å². The fourth-order valence-corrected chi connectivity index (χ4v) is 2.81. The van der Waals surface area contributed by atoms with Crippen LogP contribution in [0.25, 0.3) is 4.83 Å². The van der Waals surface area contributed by atoms with Crippen molar-refractivity contribution in [3.8, 4) is 0 Å². The van der Waals surface area contributed by atoms with E-state index >= 15 is 0 Å². The molecule has 3 heterocycles. The van der Waals surface area contributed by atoms with Crippen LogP contribution in [0.4, 0.5) is 19.0 Å². The second kappa shape index (κ2) is 5.37. The summed E-state index contributed by atoms with van der Waals surface area (Å²) in [7, 11) is 0. The molecule has 0 spiro atoms. The van der Waals surface area contributed by atoms with Gasteiger partial charge in [0.15, 0.2) is 5.82 Å². The Morgan fingerprint density at radius 1 is 1.36 bits per heavy atom. The summed E-state index contributed by atoms with van der Waals surface area (Å²) in [5.41, 5.74) is -0.177. The molecule has 1 N–H and O–H groups in total. The number of rotatable bonds is 3. The van der Waals surface area contributed by atoms with Gasteiger partial charge in [0, 0.05) is 11.6 Å². The van der Waals surface area contributed by atoms with Gasteiger partial charge >= 0.3 is 6.18 Å². The number of thiazole rings is 1. The van der Waals surface area contributed by atoms with Crippen molar-refractivity contribution in [2.75, 3.05) is 5.32 Å². The summed E-state index contributed by atoms with van der Waals surface area (Å²) in [6, 6.07) is 1.63. The maximum absolute atomic E-state index is 12.8. The van der Waals surface area contributed by atoms with Gasteiger partial charge in [0.1, 0.15) is 16.9 Å². The SMILES string of the molecule is O=C(Cc1ccnnc1)Nc1ncn2c(C(F)(F)F)csc12. The minimum Gasteiger partial charge on any atom is -0.308 e. The predicted octanol–water partition coefficient (Wildman–Crippen LogP) is 2.39. The Balaban J connectivity index is 1.80. The van der Waals surface area contributed by atoms with Gasteiger partial charge in [0.2, 0.25) is 5.91 Å². The molecule has 0 aliphatic carbocycles. The Hall–Kier alpha value is -2.49. The van der Waals surface area contributed by atoms with Gasteiger partial charge in [0.05, 0.1) is 12.6 Å². The Labute approximate surface area is 125 Å². The normalized spacial score (nSPS) is 11.8. The molecule has 10 heteroatoms. The van der Waals surface area contributed by atoms with Crippen molar-refractivity contribution in [3.05, 3.63) is 41.4 Å². The van der Waals surface area contributed by atoms with Crippen molar-refractivity contribution in [2.24, 2.45) is 0 Å². The Morgan fingerprint density at radius 3 is 2.86 bits per heavy atom. The smallest absolute Gasteiger partial charge is 0.308 e. The first kappa shape index (κ1) is 14.4. The minimum atomic E-state index is -4.47. The first-order valence-corrected chi connectivity index (χ1v) is 6.90. The molecule has 0 bridgehead atoms. The number of carbonyl (C=O) groups is 1. The van der Waals surface area contributed by atoms with E-state index in [0.29, 0.717) is 5.56 Å². The molecule has 0 fully saturated rings. The maximum atomic E-state index is 12.8. The van der Waals surface area contributed by atoms with Crippen molar-refractivity contribution in [3.63, 3.8) is 0 Å². The summed E-state index contributed by atoms with van der Waals surface area (Å²) < 4.78 is 39.2. The monoisotopic (exact) mass is 327 g/mol. The largest absolute Gasteiger partial charge is 0.432 e. The van der Waals surface area contributed by atoms with E-state index in [9.17, 15) is 18.0 Å². The van der Waals surface area contributed by atoms with Crippen LogP contribution in [0.3, 0.4) is 0 Å². The van der Waals surface area contributed by atoms with Gasteiger partial charge < -0.3 is 5.32 Å². The summed E-state index contributed by atoms with van der Waals surface area (Å²) in [4.78, 5) is 16.0. The van der Waals surface area contributed by atoms with Crippen LogP contribution in [0.1, 0.15) is 11.3 Å². The summed E-state index contributed by atoms with van der Waals surface area (Å²) >= 11 is 0.866. The van der Waals surface area contributed by atoms with Gasteiger partial charge in [-0.25, -0.2) is 4.98 Å². The highest BCUT2D eigenvalue weighted by Gasteiger charge is 2.35.